The van der Waals surface area contributed by atoms with Crippen molar-refractivity contribution < 1.29 is 9.59 Å². The van der Waals surface area contributed by atoms with Gasteiger partial charge < -0.3 is 5.32 Å². The molecule has 2 atom stereocenters. The zero-order valence-corrected chi connectivity index (χ0v) is 11.2. The average Bonchev–Trinajstić information content (AvgIpc) is 2.87. The maximum Gasteiger partial charge on any atom is 0.233 e. The number of fused-ring (bicyclic) bond motifs is 1. The van der Waals surface area contributed by atoms with Gasteiger partial charge in [-0.2, -0.15) is 0 Å². The minimum absolute atomic E-state index is 0.0215. The van der Waals surface area contributed by atoms with Crippen molar-refractivity contribution in [3.8, 4) is 0 Å². The van der Waals surface area contributed by atoms with Crippen molar-refractivity contribution in [3.63, 3.8) is 0 Å². The maximum absolute atomic E-state index is 12.1. The third-order valence-electron chi connectivity index (χ3n) is 3.82. The van der Waals surface area contributed by atoms with Gasteiger partial charge in [0.1, 0.15) is 0 Å². The third-order valence-corrected chi connectivity index (χ3v) is 3.82. The Labute approximate surface area is 108 Å². The van der Waals surface area contributed by atoms with Crippen molar-refractivity contribution in [2.24, 2.45) is 11.8 Å². The Hall–Kier alpha value is -1.16. The van der Waals surface area contributed by atoms with Crippen molar-refractivity contribution >= 4 is 11.8 Å². The molecule has 2 unspecified atom stereocenters. The van der Waals surface area contributed by atoms with Crippen molar-refractivity contribution in [3.05, 3.63) is 12.2 Å². The van der Waals surface area contributed by atoms with Crippen molar-refractivity contribution in [1.82, 2.24) is 10.2 Å². The Bertz CT molecular complexity index is 354. The number of amides is 2. The quantitative estimate of drug-likeness (QED) is 0.591. The molecular formula is C14H22N2O2. The van der Waals surface area contributed by atoms with Crippen LogP contribution in [0.1, 0.15) is 33.1 Å². The number of imide groups is 1. The van der Waals surface area contributed by atoms with Gasteiger partial charge in [0.25, 0.3) is 0 Å². The molecule has 100 valence electrons. The number of hydrogen-bond acceptors (Lipinski definition) is 3. The maximum atomic E-state index is 12.1. The Morgan fingerprint density at radius 3 is 2.39 bits per heavy atom. The van der Waals surface area contributed by atoms with Gasteiger partial charge >= 0.3 is 0 Å². The molecule has 1 N–H and O–H groups in total. The van der Waals surface area contributed by atoms with Gasteiger partial charge in [0.15, 0.2) is 0 Å². The molecule has 2 fully saturated rings. The van der Waals surface area contributed by atoms with Crippen LogP contribution >= 0.6 is 0 Å². The van der Waals surface area contributed by atoms with Crippen LogP contribution in [0.3, 0.4) is 0 Å². The molecule has 2 rings (SSSR count). The number of carbonyl (C=O) groups excluding carboxylic acids is 2. The first-order valence-corrected chi connectivity index (χ1v) is 6.76. The molecule has 1 heterocycles. The van der Waals surface area contributed by atoms with Crippen LogP contribution in [0.2, 0.25) is 0 Å². The van der Waals surface area contributed by atoms with Gasteiger partial charge in [-0.1, -0.05) is 26.8 Å². The summed E-state index contributed by atoms with van der Waals surface area (Å²) >= 11 is 0. The molecule has 0 aromatic rings. The zero-order valence-electron chi connectivity index (χ0n) is 11.2. The van der Waals surface area contributed by atoms with E-state index >= 15 is 0 Å². The van der Waals surface area contributed by atoms with E-state index in [9.17, 15) is 9.59 Å². The molecule has 0 spiro atoms. The van der Waals surface area contributed by atoms with E-state index < -0.39 is 0 Å². The first-order chi connectivity index (χ1) is 8.50. The lowest BCUT2D eigenvalue weighted by molar-refractivity contribution is -0.139. The second kappa shape index (κ2) is 5.22. The van der Waals surface area contributed by atoms with E-state index in [1.165, 1.54) is 4.90 Å². The summed E-state index contributed by atoms with van der Waals surface area (Å²) in [5, 5.41) is 3.25. The second-order valence-corrected chi connectivity index (χ2v) is 5.69. The van der Waals surface area contributed by atoms with Crippen LogP contribution in [0.25, 0.3) is 0 Å². The van der Waals surface area contributed by atoms with E-state index in [1.54, 1.807) is 0 Å². The molecule has 1 saturated carbocycles. The van der Waals surface area contributed by atoms with Gasteiger partial charge in [-0.15, -0.1) is 0 Å². The fourth-order valence-electron chi connectivity index (χ4n) is 2.84. The topological polar surface area (TPSA) is 49.4 Å². The van der Waals surface area contributed by atoms with Crippen molar-refractivity contribution in [1.29, 1.82) is 0 Å². The summed E-state index contributed by atoms with van der Waals surface area (Å²) in [6, 6.07) is 0.381. The van der Waals surface area contributed by atoms with Crippen LogP contribution in [0.15, 0.2) is 12.2 Å². The summed E-state index contributed by atoms with van der Waals surface area (Å²) in [6.45, 7) is 9.10. The molecule has 0 radical (unpaired) electrons. The highest BCUT2D eigenvalue weighted by molar-refractivity contribution is 6.05. The smallest absolute Gasteiger partial charge is 0.233 e. The summed E-state index contributed by atoms with van der Waals surface area (Å²) < 4.78 is 0. The first-order valence-electron chi connectivity index (χ1n) is 6.76. The summed E-state index contributed by atoms with van der Waals surface area (Å²) in [5.41, 5.74) is 0.894. The Kier molecular flexibility index (Phi) is 3.85. The normalized spacial score (nSPS) is 27.2. The summed E-state index contributed by atoms with van der Waals surface area (Å²) in [4.78, 5) is 25.6. The lowest BCUT2D eigenvalue weighted by Crippen LogP contribution is -2.36. The molecule has 1 aliphatic heterocycles. The molecule has 0 bridgehead atoms. The van der Waals surface area contributed by atoms with Gasteiger partial charge in [-0.05, 0) is 18.4 Å². The van der Waals surface area contributed by atoms with Crippen LogP contribution in [-0.2, 0) is 9.59 Å². The summed E-state index contributed by atoms with van der Waals surface area (Å²) in [5.74, 6) is -0.0342. The predicted octanol–water partition coefficient (Wildman–Crippen LogP) is 1.33. The number of carbonyl (C=O) groups is 2. The summed E-state index contributed by atoms with van der Waals surface area (Å²) in [7, 11) is 0. The fraction of sp³-hybridized carbons (Fsp3) is 0.714. The Morgan fingerprint density at radius 2 is 1.89 bits per heavy atom. The van der Waals surface area contributed by atoms with Gasteiger partial charge in [-0.3, -0.25) is 14.5 Å². The van der Waals surface area contributed by atoms with E-state index in [-0.39, 0.29) is 23.7 Å². The minimum Gasteiger partial charge on any atom is -0.311 e. The first kappa shape index (κ1) is 13.3. The van der Waals surface area contributed by atoms with E-state index in [2.05, 4.69) is 25.7 Å². The van der Waals surface area contributed by atoms with Crippen LogP contribution in [0.5, 0.6) is 0 Å². The highest BCUT2D eigenvalue weighted by Gasteiger charge is 2.49. The number of rotatable bonds is 5. The molecule has 4 heteroatoms. The molecule has 18 heavy (non-hydrogen) atoms. The van der Waals surface area contributed by atoms with Crippen LogP contribution in [-0.4, -0.2) is 35.8 Å². The van der Waals surface area contributed by atoms with Crippen molar-refractivity contribution in [2.75, 3.05) is 13.1 Å². The number of nitrogens with one attached hydrogen (secondary N) is 1. The Morgan fingerprint density at radius 1 is 1.33 bits per heavy atom. The molecule has 4 nitrogen and oxygen atoms in total. The highest BCUT2D eigenvalue weighted by Crippen LogP contribution is 2.39. The predicted molar refractivity (Wildman–Crippen MR) is 69.8 cm³/mol. The average molecular weight is 250 g/mol. The molecular weight excluding hydrogens is 228 g/mol. The van der Waals surface area contributed by atoms with Gasteiger partial charge in [0.2, 0.25) is 11.8 Å². The van der Waals surface area contributed by atoms with E-state index in [0.717, 1.165) is 24.8 Å². The lowest BCUT2D eigenvalue weighted by Gasteiger charge is -2.18. The molecule has 1 saturated heterocycles. The van der Waals surface area contributed by atoms with Crippen molar-refractivity contribution in [2.45, 2.75) is 39.2 Å². The zero-order chi connectivity index (χ0) is 13.3. The molecule has 0 aromatic heterocycles. The standard InChI is InChI=1S/C14H22N2O2/c1-9(2)15-7-10(3)8-16-13(17)11-5-4-6-12(11)14(16)18/h9,11-12,15H,3-8H2,1-2H3. The third kappa shape index (κ3) is 2.48. The fourth-order valence-corrected chi connectivity index (χ4v) is 2.84. The van der Waals surface area contributed by atoms with Crippen LogP contribution in [0, 0.1) is 11.8 Å². The lowest BCUT2D eigenvalue weighted by atomic mass is 10.00. The largest absolute Gasteiger partial charge is 0.311 e. The van der Waals surface area contributed by atoms with Crippen LogP contribution in [0.4, 0.5) is 0 Å². The molecule has 1 aliphatic carbocycles. The van der Waals surface area contributed by atoms with E-state index in [4.69, 9.17) is 0 Å². The van der Waals surface area contributed by atoms with Gasteiger partial charge in [-0.25, -0.2) is 0 Å². The van der Waals surface area contributed by atoms with Crippen LogP contribution < -0.4 is 5.32 Å². The molecule has 0 aromatic carbocycles. The molecule has 2 amide bonds. The number of nitrogens with zero attached hydrogens (tertiary/aromatic N) is 1. The number of hydrogen-bond donors (Lipinski definition) is 1. The summed E-state index contributed by atoms with van der Waals surface area (Å²) in [6.07, 6.45) is 2.77. The van der Waals surface area contributed by atoms with Gasteiger partial charge in [0.05, 0.1) is 18.4 Å². The van der Waals surface area contributed by atoms with Gasteiger partial charge in [0, 0.05) is 12.6 Å². The monoisotopic (exact) mass is 250 g/mol. The number of likely N-dealkylation sites (tertiary alicyclic amines) is 1. The highest BCUT2D eigenvalue weighted by atomic mass is 16.2. The second-order valence-electron chi connectivity index (χ2n) is 5.69. The van der Waals surface area contributed by atoms with E-state index in [0.29, 0.717) is 19.1 Å². The minimum atomic E-state index is -0.0386. The van der Waals surface area contributed by atoms with E-state index in [1.807, 2.05) is 0 Å². The SMILES string of the molecule is C=C(CNC(C)C)CN1C(=O)C2CCCC2C1=O. The Balaban J connectivity index is 1.92. The molecule has 2 aliphatic rings.